The van der Waals surface area contributed by atoms with E-state index < -0.39 is 0 Å². The van der Waals surface area contributed by atoms with Gasteiger partial charge in [-0.15, -0.1) is 0 Å². The van der Waals surface area contributed by atoms with E-state index in [1.54, 1.807) is 18.3 Å². The average Bonchev–Trinajstić information content (AvgIpc) is 3.28. The third-order valence-electron chi connectivity index (χ3n) is 3.75. The quantitative estimate of drug-likeness (QED) is 0.802. The fraction of sp³-hybridized carbons (Fsp3) is 0.267. The number of nitrogens with zero attached hydrogens (tertiary/aromatic N) is 4. The zero-order valence-corrected chi connectivity index (χ0v) is 11.5. The Morgan fingerprint density at radius 1 is 1.33 bits per heavy atom. The fourth-order valence-electron chi connectivity index (χ4n) is 2.65. The van der Waals surface area contributed by atoms with Gasteiger partial charge in [0.05, 0.1) is 16.6 Å². The van der Waals surface area contributed by atoms with Crippen molar-refractivity contribution in [2.45, 2.75) is 18.9 Å². The largest absolute Gasteiger partial charge is 0.372 e. The molecule has 0 atom stereocenters. The van der Waals surface area contributed by atoms with E-state index in [2.05, 4.69) is 24.8 Å². The van der Waals surface area contributed by atoms with Gasteiger partial charge in [0.15, 0.2) is 0 Å². The van der Waals surface area contributed by atoms with E-state index >= 15 is 0 Å². The monoisotopic (exact) mass is 283 g/mol. The zero-order chi connectivity index (χ0) is 14.4. The molecule has 6 heteroatoms. The first kappa shape index (κ1) is 12.3. The Kier molecular flexibility index (Phi) is 2.63. The second-order valence-corrected chi connectivity index (χ2v) is 5.20. The lowest BCUT2D eigenvalue weighted by Gasteiger charge is -2.10. The minimum Gasteiger partial charge on any atom is -0.372 e. The molecule has 0 amide bonds. The first-order valence-corrected chi connectivity index (χ1v) is 6.93. The van der Waals surface area contributed by atoms with Crippen LogP contribution in [0.3, 0.4) is 0 Å². The van der Waals surface area contributed by atoms with Gasteiger partial charge in [-0.25, -0.2) is 19.3 Å². The molecular weight excluding hydrogens is 269 g/mol. The summed E-state index contributed by atoms with van der Waals surface area (Å²) in [6.45, 7) is 0. The number of hydrogen-bond donors (Lipinski definition) is 1. The van der Waals surface area contributed by atoms with Crippen LogP contribution >= 0.6 is 0 Å². The van der Waals surface area contributed by atoms with Crippen molar-refractivity contribution < 1.29 is 4.39 Å². The van der Waals surface area contributed by atoms with E-state index in [0.717, 1.165) is 41.1 Å². The summed E-state index contributed by atoms with van der Waals surface area (Å²) in [4.78, 5) is 13.0. The van der Waals surface area contributed by atoms with Crippen molar-refractivity contribution in [3.05, 3.63) is 36.5 Å². The summed E-state index contributed by atoms with van der Waals surface area (Å²) < 4.78 is 15.7. The summed E-state index contributed by atoms with van der Waals surface area (Å²) >= 11 is 0. The molecule has 106 valence electrons. The molecule has 0 radical (unpaired) electrons. The summed E-state index contributed by atoms with van der Waals surface area (Å²) in [5.74, 6) is 1.28. The summed E-state index contributed by atoms with van der Waals surface area (Å²) in [7, 11) is 1.82. The van der Waals surface area contributed by atoms with Crippen molar-refractivity contribution in [3.63, 3.8) is 0 Å². The van der Waals surface area contributed by atoms with Crippen molar-refractivity contribution >= 4 is 16.9 Å². The predicted octanol–water partition coefficient (Wildman–Crippen LogP) is 3.01. The van der Waals surface area contributed by atoms with Gasteiger partial charge in [0.25, 0.3) is 0 Å². The van der Waals surface area contributed by atoms with Crippen LogP contribution < -0.4 is 5.32 Å². The maximum atomic E-state index is 13.6. The van der Waals surface area contributed by atoms with Gasteiger partial charge >= 0.3 is 0 Å². The van der Waals surface area contributed by atoms with Crippen molar-refractivity contribution in [2.24, 2.45) is 0 Å². The highest BCUT2D eigenvalue weighted by Gasteiger charge is 2.29. The van der Waals surface area contributed by atoms with Crippen LogP contribution in [-0.4, -0.2) is 26.6 Å². The standard InChI is InChI=1S/C15H14FN5/c1-17-14-11(7-18-8-19-14)15-20-12-5-2-9(16)6-13(12)21(15)10-3-4-10/h2,5-8,10H,3-4H2,1H3,(H,17,18,19). The Hall–Kier alpha value is -2.50. The number of benzene rings is 1. The minimum atomic E-state index is -0.242. The smallest absolute Gasteiger partial charge is 0.146 e. The molecule has 21 heavy (non-hydrogen) atoms. The molecule has 1 saturated carbocycles. The van der Waals surface area contributed by atoms with Crippen molar-refractivity contribution in [1.82, 2.24) is 19.5 Å². The minimum absolute atomic E-state index is 0.242. The van der Waals surface area contributed by atoms with Gasteiger partial charge in [0.2, 0.25) is 0 Å². The van der Waals surface area contributed by atoms with Crippen LogP contribution in [0.1, 0.15) is 18.9 Å². The molecule has 0 unspecified atom stereocenters. The van der Waals surface area contributed by atoms with Crippen molar-refractivity contribution in [1.29, 1.82) is 0 Å². The van der Waals surface area contributed by atoms with E-state index in [9.17, 15) is 4.39 Å². The lowest BCUT2D eigenvalue weighted by Crippen LogP contribution is -2.02. The van der Waals surface area contributed by atoms with Gasteiger partial charge in [0.1, 0.15) is 23.8 Å². The molecule has 0 bridgehead atoms. The van der Waals surface area contributed by atoms with Gasteiger partial charge in [-0.05, 0) is 31.0 Å². The van der Waals surface area contributed by atoms with Crippen LogP contribution in [0, 0.1) is 5.82 Å². The summed E-state index contributed by atoms with van der Waals surface area (Å²) in [5.41, 5.74) is 2.46. The van der Waals surface area contributed by atoms with E-state index in [1.165, 1.54) is 12.4 Å². The van der Waals surface area contributed by atoms with Crippen LogP contribution in [0.15, 0.2) is 30.7 Å². The normalized spacial score (nSPS) is 14.6. The summed E-state index contributed by atoms with van der Waals surface area (Å²) in [5, 5.41) is 3.06. The number of fused-ring (bicyclic) bond motifs is 1. The van der Waals surface area contributed by atoms with Crippen LogP contribution in [0.4, 0.5) is 10.2 Å². The molecule has 1 N–H and O–H groups in total. The lowest BCUT2D eigenvalue weighted by atomic mass is 10.2. The maximum Gasteiger partial charge on any atom is 0.146 e. The molecule has 1 aliphatic rings. The second kappa shape index (κ2) is 4.51. The van der Waals surface area contributed by atoms with Crippen LogP contribution in [0.5, 0.6) is 0 Å². The molecule has 3 aromatic rings. The maximum absolute atomic E-state index is 13.6. The van der Waals surface area contributed by atoms with Crippen molar-refractivity contribution in [3.8, 4) is 11.4 Å². The Morgan fingerprint density at radius 3 is 2.95 bits per heavy atom. The number of hydrogen-bond acceptors (Lipinski definition) is 4. The number of rotatable bonds is 3. The molecule has 4 rings (SSSR count). The molecule has 0 spiro atoms. The SMILES string of the molecule is CNc1ncncc1-c1nc2ccc(F)cc2n1C1CC1. The van der Waals surface area contributed by atoms with Gasteiger partial charge in [-0.1, -0.05) is 0 Å². The lowest BCUT2D eigenvalue weighted by molar-refractivity contribution is 0.628. The van der Waals surface area contributed by atoms with E-state index in [1.807, 2.05) is 7.05 Å². The molecule has 1 aliphatic carbocycles. The Balaban J connectivity index is 2.02. The molecule has 1 fully saturated rings. The molecule has 5 nitrogen and oxygen atoms in total. The van der Waals surface area contributed by atoms with Gasteiger partial charge < -0.3 is 9.88 Å². The molecule has 2 heterocycles. The number of anilines is 1. The van der Waals surface area contributed by atoms with Crippen LogP contribution in [-0.2, 0) is 0 Å². The fourth-order valence-corrected chi connectivity index (χ4v) is 2.65. The Morgan fingerprint density at radius 2 is 2.19 bits per heavy atom. The van der Waals surface area contributed by atoms with Crippen molar-refractivity contribution in [2.75, 3.05) is 12.4 Å². The molecule has 2 aromatic heterocycles. The molecule has 1 aromatic carbocycles. The highest BCUT2D eigenvalue weighted by atomic mass is 19.1. The number of aromatic nitrogens is 4. The average molecular weight is 283 g/mol. The van der Waals surface area contributed by atoms with E-state index in [-0.39, 0.29) is 5.82 Å². The molecule has 0 saturated heterocycles. The zero-order valence-electron chi connectivity index (χ0n) is 11.5. The van der Waals surface area contributed by atoms with Crippen LogP contribution in [0.25, 0.3) is 22.4 Å². The van der Waals surface area contributed by atoms with Gasteiger partial charge in [0, 0.05) is 19.3 Å². The number of nitrogens with one attached hydrogen (secondary N) is 1. The number of halogens is 1. The van der Waals surface area contributed by atoms with Gasteiger partial charge in [-0.2, -0.15) is 0 Å². The first-order valence-electron chi connectivity index (χ1n) is 6.93. The highest BCUT2D eigenvalue weighted by molar-refractivity contribution is 5.83. The van der Waals surface area contributed by atoms with Crippen LogP contribution in [0.2, 0.25) is 0 Å². The highest BCUT2D eigenvalue weighted by Crippen LogP contribution is 2.42. The predicted molar refractivity (Wildman–Crippen MR) is 78.5 cm³/mol. The Bertz CT molecular complexity index is 822. The topological polar surface area (TPSA) is 55.6 Å². The third-order valence-corrected chi connectivity index (χ3v) is 3.75. The second-order valence-electron chi connectivity index (χ2n) is 5.20. The molecular formula is C15H14FN5. The van der Waals surface area contributed by atoms with Gasteiger partial charge in [-0.3, -0.25) is 0 Å². The summed E-state index contributed by atoms with van der Waals surface area (Å²) in [6.07, 6.45) is 5.43. The summed E-state index contributed by atoms with van der Waals surface area (Å²) in [6, 6.07) is 5.09. The first-order chi connectivity index (χ1) is 10.3. The molecule has 0 aliphatic heterocycles. The Labute approximate surface area is 120 Å². The van der Waals surface area contributed by atoms with E-state index in [0.29, 0.717) is 6.04 Å². The number of imidazole rings is 1. The van der Waals surface area contributed by atoms with E-state index in [4.69, 9.17) is 0 Å². The third kappa shape index (κ3) is 1.94.